The van der Waals surface area contributed by atoms with Gasteiger partial charge in [-0.1, -0.05) is 0 Å². The lowest BCUT2D eigenvalue weighted by molar-refractivity contribution is -0.127. The number of amides is 1. The van der Waals surface area contributed by atoms with Crippen LogP contribution in [0.3, 0.4) is 0 Å². The fourth-order valence-corrected chi connectivity index (χ4v) is 1.84. The third-order valence-corrected chi connectivity index (χ3v) is 2.71. The van der Waals surface area contributed by atoms with E-state index in [0.29, 0.717) is 25.6 Å². The number of carbonyl (C=O) groups is 1. The maximum absolute atomic E-state index is 11.2. The van der Waals surface area contributed by atoms with Crippen LogP contribution in [0.5, 0.6) is 0 Å². The Morgan fingerprint density at radius 3 is 2.85 bits per heavy atom. The van der Waals surface area contributed by atoms with Gasteiger partial charge in [-0.3, -0.25) is 4.79 Å². The Kier molecular flexibility index (Phi) is 3.83. The molecule has 0 bridgehead atoms. The van der Waals surface area contributed by atoms with E-state index in [-0.39, 0.29) is 11.7 Å². The topological polar surface area (TPSA) is 83.6 Å². The normalized spacial score (nSPS) is 24.8. The first-order chi connectivity index (χ1) is 6.13. The second-order valence-electron chi connectivity index (χ2n) is 3.20. The van der Waals surface area contributed by atoms with E-state index in [1.165, 1.54) is 0 Å². The standard InChI is InChI=1S/C7H14N2O3S/c8-3-6-1-2-9(4-6)7(10)5-13(11)12/h6H,1-5,8H2,(H,11,12). The molecule has 0 radical (unpaired) electrons. The van der Waals surface area contributed by atoms with Crippen molar-refractivity contribution >= 4 is 17.0 Å². The SMILES string of the molecule is NCC1CCN(C(=O)CS(=O)O)C1. The van der Waals surface area contributed by atoms with Crippen LogP contribution < -0.4 is 5.73 Å². The van der Waals surface area contributed by atoms with Gasteiger partial charge in [-0.15, -0.1) is 0 Å². The van der Waals surface area contributed by atoms with Crippen LogP contribution in [-0.2, 0) is 15.9 Å². The first-order valence-corrected chi connectivity index (χ1v) is 5.46. The van der Waals surface area contributed by atoms with Crippen molar-refractivity contribution in [1.82, 2.24) is 4.90 Å². The Bertz CT molecular complexity index is 222. The fourth-order valence-electron chi connectivity index (χ4n) is 1.45. The molecule has 1 heterocycles. The number of nitrogens with two attached hydrogens (primary N) is 1. The van der Waals surface area contributed by atoms with Crippen molar-refractivity contribution in [3.8, 4) is 0 Å². The predicted octanol–water partition coefficient (Wildman–Crippen LogP) is -0.985. The molecule has 3 N–H and O–H groups in total. The highest BCUT2D eigenvalue weighted by atomic mass is 32.2. The van der Waals surface area contributed by atoms with E-state index in [1.54, 1.807) is 4.90 Å². The maximum atomic E-state index is 11.2. The summed E-state index contributed by atoms with van der Waals surface area (Å²) in [5.74, 6) is -0.190. The Hall–Kier alpha value is -0.460. The van der Waals surface area contributed by atoms with Gasteiger partial charge >= 0.3 is 0 Å². The molecular formula is C7H14N2O3S. The highest BCUT2D eigenvalue weighted by Gasteiger charge is 2.25. The second kappa shape index (κ2) is 4.69. The number of nitrogens with zero attached hydrogens (tertiary/aromatic N) is 1. The summed E-state index contributed by atoms with van der Waals surface area (Å²) in [6.07, 6.45) is 0.903. The molecule has 0 saturated carbocycles. The molecule has 76 valence electrons. The van der Waals surface area contributed by atoms with Gasteiger partial charge < -0.3 is 15.2 Å². The molecule has 0 aromatic carbocycles. The van der Waals surface area contributed by atoms with Crippen molar-refractivity contribution in [3.05, 3.63) is 0 Å². The third kappa shape index (κ3) is 3.06. The summed E-state index contributed by atoms with van der Waals surface area (Å²) in [4.78, 5) is 12.9. The molecule has 2 atom stereocenters. The molecule has 1 saturated heterocycles. The summed E-state index contributed by atoms with van der Waals surface area (Å²) in [5.41, 5.74) is 5.45. The van der Waals surface area contributed by atoms with E-state index < -0.39 is 11.1 Å². The molecule has 0 spiro atoms. The molecule has 1 fully saturated rings. The fraction of sp³-hybridized carbons (Fsp3) is 0.857. The lowest BCUT2D eigenvalue weighted by atomic mass is 10.1. The molecule has 13 heavy (non-hydrogen) atoms. The minimum Gasteiger partial charge on any atom is -0.341 e. The number of carbonyl (C=O) groups excluding carboxylic acids is 1. The summed E-state index contributed by atoms with van der Waals surface area (Å²) in [6, 6.07) is 0. The van der Waals surface area contributed by atoms with E-state index in [4.69, 9.17) is 10.3 Å². The monoisotopic (exact) mass is 206 g/mol. The van der Waals surface area contributed by atoms with Gasteiger partial charge in [-0.25, -0.2) is 4.21 Å². The Morgan fingerprint density at radius 2 is 2.38 bits per heavy atom. The van der Waals surface area contributed by atoms with Crippen LogP contribution in [0.15, 0.2) is 0 Å². The van der Waals surface area contributed by atoms with Crippen molar-refractivity contribution in [3.63, 3.8) is 0 Å². The third-order valence-electron chi connectivity index (χ3n) is 2.22. The van der Waals surface area contributed by atoms with Gasteiger partial charge in [0.25, 0.3) is 0 Å². The Balaban J connectivity index is 2.37. The van der Waals surface area contributed by atoms with Crippen LogP contribution in [0.25, 0.3) is 0 Å². The van der Waals surface area contributed by atoms with Gasteiger partial charge in [-0.2, -0.15) is 0 Å². The van der Waals surface area contributed by atoms with E-state index in [9.17, 15) is 9.00 Å². The van der Waals surface area contributed by atoms with Gasteiger partial charge in [-0.05, 0) is 18.9 Å². The van der Waals surface area contributed by atoms with Crippen molar-refractivity contribution < 1.29 is 13.6 Å². The summed E-state index contributed by atoms with van der Waals surface area (Å²) in [6.45, 7) is 1.87. The lowest BCUT2D eigenvalue weighted by Crippen LogP contribution is -2.33. The van der Waals surface area contributed by atoms with Crippen LogP contribution >= 0.6 is 0 Å². The molecule has 0 aromatic heterocycles. The van der Waals surface area contributed by atoms with Crippen LogP contribution in [0.2, 0.25) is 0 Å². The molecule has 2 unspecified atom stereocenters. The highest BCUT2D eigenvalue weighted by Crippen LogP contribution is 2.14. The van der Waals surface area contributed by atoms with Crippen LogP contribution in [-0.4, -0.2) is 45.0 Å². The molecule has 1 amide bonds. The first kappa shape index (κ1) is 10.6. The zero-order valence-electron chi connectivity index (χ0n) is 7.31. The molecule has 5 nitrogen and oxygen atoms in total. The van der Waals surface area contributed by atoms with Crippen molar-refractivity contribution in [1.29, 1.82) is 0 Å². The Labute approximate surface area is 79.6 Å². The lowest BCUT2D eigenvalue weighted by Gasteiger charge is -2.14. The second-order valence-corrected chi connectivity index (χ2v) is 4.13. The number of hydrogen-bond donors (Lipinski definition) is 2. The minimum absolute atomic E-state index is 0.253. The Morgan fingerprint density at radius 1 is 1.69 bits per heavy atom. The van der Waals surface area contributed by atoms with Gasteiger partial charge in [0.1, 0.15) is 5.75 Å². The van der Waals surface area contributed by atoms with Crippen molar-refractivity contribution in [2.24, 2.45) is 11.7 Å². The van der Waals surface area contributed by atoms with E-state index >= 15 is 0 Å². The zero-order valence-corrected chi connectivity index (χ0v) is 8.13. The number of likely N-dealkylation sites (tertiary alicyclic amines) is 1. The summed E-state index contributed by atoms with van der Waals surface area (Å²) in [7, 11) is 0. The van der Waals surface area contributed by atoms with E-state index in [2.05, 4.69) is 0 Å². The maximum Gasteiger partial charge on any atom is 0.237 e. The van der Waals surface area contributed by atoms with Gasteiger partial charge in [0.05, 0.1) is 0 Å². The summed E-state index contributed by atoms with van der Waals surface area (Å²) >= 11 is -2.03. The summed E-state index contributed by atoms with van der Waals surface area (Å²) < 4.78 is 18.9. The quantitative estimate of drug-likeness (QED) is 0.581. The smallest absolute Gasteiger partial charge is 0.237 e. The predicted molar refractivity (Wildman–Crippen MR) is 49.4 cm³/mol. The van der Waals surface area contributed by atoms with Crippen LogP contribution in [0, 0.1) is 5.92 Å². The summed E-state index contributed by atoms with van der Waals surface area (Å²) in [5, 5.41) is 0. The first-order valence-electron chi connectivity index (χ1n) is 4.18. The molecule has 1 aliphatic rings. The highest BCUT2D eigenvalue weighted by molar-refractivity contribution is 7.80. The molecule has 1 rings (SSSR count). The van der Waals surface area contributed by atoms with Gasteiger partial charge in [0, 0.05) is 13.1 Å². The average Bonchev–Trinajstić information content (AvgIpc) is 2.50. The van der Waals surface area contributed by atoms with E-state index in [0.717, 1.165) is 6.42 Å². The van der Waals surface area contributed by atoms with Crippen LogP contribution in [0.1, 0.15) is 6.42 Å². The molecule has 6 heteroatoms. The van der Waals surface area contributed by atoms with Crippen molar-refractivity contribution in [2.75, 3.05) is 25.4 Å². The number of rotatable bonds is 3. The average molecular weight is 206 g/mol. The van der Waals surface area contributed by atoms with Crippen LogP contribution in [0.4, 0.5) is 0 Å². The molecule has 0 aromatic rings. The number of hydrogen-bond acceptors (Lipinski definition) is 3. The van der Waals surface area contributed by atoms with E-state index in [1.807, 2.05) is 0 Å². The van der Waals surface area contributed by atoms with Gasteiger partial charge in [0.2, 0.25) is 5.91 Å². The van der Waals surface area contributed by atoms with Crippen molar-refractivity contribution in [2.45, 2.75) is 6.42 Å². The molecule has 1 aliphatic heterocycles. The zero-order chi connectivity index (χ0) is 9.84. The largest absolute Gasteiger partial charge is 0.341 e. The molecule has 0 aliphatic carbocycles. The van der Waals surface area contributed by atoms with Gasteiger partial charge in [0.15, 0.2) is 11.1 Å². The minimum atomic E-state index is -2.03. The molecular weight excluding hydrogens is 192 g/mol.